The summed E-state index contributed by atoms with van der Waals surface area (Å²) in [7, 11) is 2.14. The molecule has 5 nitrogen and oxygen atoms in total. The zero-order valence-electron chi connectivity index (χ0n) is 14.7. The fourth-order valence-electron chi connectivity index (χ4n) is 3.87. The Morgan fingerprint density at radius 3 is 2.62 bits per heavy atom. The number of hydrogen-bond acceptors (Lipinski definition) is 5. The Kier molecular flexibility index (Phi) is 5.54. The van der Waals surface area contributed by atoms with Gasteiger partial charge in [0.25, 0.3) is 0 Å². The molecule has 0 spiro atoms. The highest BCUT2D eigenvalue weighted by Crippen LogP contribution is 2.40. The van der Waals surface area contributed by atoms with E-state index in [2.05, 4.69) is 29.0 Å². The first-order chi connectivity index (χ1) is 11.7. The number of nitrogens with zero attached hydrogens (tertiary/aromatic N) is 2. The Bertz CT molecular complexity index is 545. The smallest absolute Gasteiger partial charge is 0.306 e. The third-order valence-corrected chi connectivity index (χ3v) is 5.22. The lowest BCUT2D eigenvalue weighted by molar-refractivity contribution is -0.182. The summed E-state index contributed by atoms with van der Waals surface area (Å²) >= 11 is 0. The molecule has 2 heterocycles. The molecule has 2 unspecified atom stereocenters. The van der Waals surface area contributed by atoms with Crippen LogP contribution >= 0.6 is 0 Å². The molecule has 0 aromatic heterocycles. The van der Waals surface area contributed by atoms with Gasteiger partial charge in [-0.2, -0.15) is 0 Å². The number of carbonyl (C=O) groups excluding carboxylic acids is 1. The average Bonchev–Trinajstić information content (AvgIpc) is 2.64. The highest BCUT2D eigenvalue weighted by Gasteiger charge is 2.49. The molecule has 24 heavy (non-hydrogen) atoms. The minimum Gasteiger partial charge on any atom is -0.452 e. The van der Waals surface area contributed by atoms with Crippen LogP contribution in [-0.2, 0) is 19.9 Å². The third kappa shape index (κ3) is 3.48. The predicted molar refractivity (Wildman–Crippen MR) is 92.8 cm³/mol. The van der Waals surface area contributed by atoms with Crippen LogP contribution in [-0.4, -0.2) is 68.3 Å². The Balaban J connectivity index is 1.99. The molecule has 2 atom stereocenters. The minimum atomic E-state index is -0.571. The molecular weight excluding hydrogens is 304 g/mol. The van der Waals surface area contributed by atoms with E-state index in [1.54, 1.807) is 0 Å². The number of piperidine rings is 1. The van der Waals surface area contributed by atoms with E-state index in [9.17, 15) is 4.79 Å². The van der Waals surface area contributed by atoms with Crippen LogP contribution in [0.3, 0.4) is 0 Å². The maximum absolute atomic E-state index is 12.3. The van der Waals surface area contributed by atoms with Gasteiger partial charge in [0, 0.05) is 39.0 Å². The molecule has 2 saturated heterocycles. The van der Waals surface area contributed by atoms with Crippen molar-refractivity contribution in [1.29, 1.82) is 0 Å². The maximum Gasteiger partial charge on any atom is 0.306 e. The van der Waals surface area contributed by atoms with Gasteiger partial charge >= 0.3 is 5.97 Å². The van der Waals surface area contributed by atoms with Crippen molar-refractivity contribution in [2.45, 2.75) is 31.4 Å². The van der Waals surface area contributed by atoms with Crippen molar-refractivity contribution in [3.05, 3.63) is 35.9 Å². The quantitative estimate of drug-likeness (QED) is 0.788. The Labute approximate surface area is 144 Å². The van der Waals surface area contributed by atoms with E-state index in [0.29, 0.717) is 6.42 Å². The Morgan fingerprint density at radius 2 is 1.96 bits per heavy atom. The predicted octanol–water partition coefficient (Wildman–Crippen LogP) is 1.87. The molecule has 2 aliphatic rings. The molecule has 0 N–H and O–H groups in total. The van der Waals surface area contributed by atoms with Crippen LogP contribution in [0.2, 0.25) is 0 Å². The maximum atomic E-state index is 12.3. The SMILES string of the molecule is CCC(=O)OC1(c2ccccc2)CCN(C)CC1N1CCOCC1. The first-order valence-electron chi connectivity index (χ1n) is 8.93. The first kappa shape index (κ1) is 17.4. The van der Waals surface area contributed by atoms with Crippen molar-refractivity contribution in [2.24, 2.45) is 0 Å². The van der Waals surface area contributed by atoms with E-state index < -0.39 is 5.60 Å². The summed E-state index contributed by atoms with van der Waals surface area (Å²) in [6.07, 6.45) is 1.22. The number of ether oxygens (including phenoxy) is 2. The zero-order chi connectivity index (χ0) is 17.0. The van der Waals surface area contributed by atoms with Gasteiger partial charge in [-0.3, -0.25) is 9.69 Å². The lowest BCUT2D eigenvalue weighted by Gasteiger charge is -2.51. The molecular formula is C19H28N2O3. The van der Waals surface area contributed by atoms with Gasteiger partial charge in [0.2, 0.25) is 0 Å². The number of esters is 1. The zero-order valence-corrected chi connectivity index (χ0v) is 14.7. The molecule has 1 aromatic carbocycles. The van der Waals surface area contributed by atoms with Crippen LogP contribution in [0.15, 0.2) is 30.3 Å². The van der Waals surface area contributed by atoms with E-state index >= 15 is 0 Å². The summed E-state index contributed by atoms with van der Waals surface area (Å²) in [5.74, 6) is -0.123. The van der Waals surface area contributed by atoms with E-state index in [1.807, 2.05) is 25.1 Å². The Hall–Kier alpha value is -1.43. The van der Waals surface area contributed by atoms with E-state index in [0.717, 1.165) is 51.4 Å². The number of hydrogen-bond donors (Lipinski definition) is 0. The summed E-state index contributed by atoms with van der Waals surface area (Å²) in [6.45, 7) is 6.94. The van der Waals surface area contributed by atoms with Gasteiger partial charge in [-0.05, 0) is 12.6 Å². The molecule has 0 saturated carbocycles. The van der Waals surface area contributed by atoms with Gasteiger partial charge < -0.3 is 14.4 Å². The van der Waals surface area contributed by atoms with Crippen molar-refractivity contribution in [2.75, 3.05) is 46.4 Å². The molecule has 0 bridgehead atoms. The van der Waals surface area contributed by atoms with Crippen LogP contribution in [0, 0.1) is 0 Å². The van der Waals surface area contributed by atoms with E-state index in [4.69, 9.17) is 9.47 Å². The summed E-state index contributed by atoms with van der Waals surface area (Å²) in [4.78, 5) is 17.1. The molecule has 5 heteroatoms. The molecule has 0 amide bonds. The van der Waals surface area contributed by atoms with Crippen LogP contribution in [0.1, 0.15) is 25.3 Å². The Morgan fingerprint density at radius 1 is 1.25 bits per heavy atom. The number of benzene rings is 1. The van der Waals surface area contributed by atoms with Gasteiger partial charge in [0.15, 0.2) is 5.60 Å². The molecule has 1 aromatic rings. The van der Waals surface area contributed by atoms with Crippen molar-refractivity contribution < 1.29 is 14.3 Å². The largest absolute Gasteiger partial charge is 0.452 e. The summed E-state index contributed by atoms with van der Waals surface area (Å²) in [5, 5.41) is 0. The minimum absolute atomic E-state index is 0.123. The van der Waals surface area contributed by atoms with Crippen molar-refractivity contribution in [1.82, 2.24) is 9.80 Å². The number of rotatable bonds is 4. The van der Waals surface area contributed by atoms with Crippen molar-refractivity contribution >= 4 is 5.97 Å². The van der Waals surface area contributed by atoms with Crippen LogP contribution in [0.5, 0.6) is 0 Å². The van der Waals surface area contributed by atoms with Crippen LogP contribution in [0.25, 0.3) is 0 Å². The van der Waals surface area contributed by atoms with Gasteiger partial charge in [-0.1, -0.05) is 37.3 Å². The number of morpholine rings is 1. The fraction of sp³-hybridized carbons (Fsp3) is 0.632. The first-order valence-corrected chi connectivity index (χ1v) is 8.93. The van der Waals surface area contributed by atoms with E-state index in [-0.39, 0.29) is 12.0 Å². The lowest BCUT2D eigenvalue weighted by atomic mass is 9.79. The lowest BCUT2D eigenvalue weighted by Crippen LogP contribution is -2.63. The molecule has 132 valence electrons. The monoisotopic (exact) mass is 332 g/mol. The fourth-order valence-corrected chi connectivity index (χ4v) is 3.87. The topological polar surface area (TPSA) is 42.0 Å². The molecule has 0 aliphatic carbocycles. The molecule has 3 rings (SSSR count). The van der Waals surface area contributed by atoms with E-state index in [1.165, 1.54) is 0 Å². The van der Waals surface area contributed by atoms with Crippen LogP contribution < -0.4 is 0 Å². The van der Waals surface area contributed by atoms with Gasteiger partial charge in [0.1, 0.15) is 0 Å². The standard InChI is InChI=1S/C19H28N2O3/c1-3-18(22)24-19(16-7-5-4-6-8-16)9-10-20(2)15-17(19)21-11-13-23-14-12-21/h4-8,17H,3,9-15H2,1-2H3. The van der Waals surface area contributed by atoms with Crippen molar-refractivity contribution in [3.63, 3.8) is 0 Å². The second kappa shape index (κ2) is 7.64. The molecule has 2 fully saturated rings. The number of likely N-dealkylation sites (tertiary alicyclic amines) is 1. The van der Waals surface area contributed by atoms with Gasteiger partial charge in [-0.15, -0.1) is 0 Å². The second-order valence-electron chi connectivity index (χ2n) is 6.76. The van der Waals surface area contributed by atoms with Crippen LogP contribution in [0.4, 0.5) is 0 Å². The molecule has 2 aliphatic heterocycles. The highest BCUT2D eigenvalue weighted by atomic mass is 16.6. The van der Waals surface area contributed by atoms with Gasteiger partial charge in [-0.25, -0.2) is 0 Å². The number of carbonyl (C=O) groups is 1. The van der Waals surface area contributed by atoms with Crippen molar-refractivity contribution in [3.8, 4) is 0 Å². The summed E-state index contributed by atoms with van der Waals surface area (Å²) < 4.78 is 11.7. The third-order valence-electron chi connectivity index (χ3n) is 5.22. The number of likely N-dealkylation sites (N-methyl/N-ethyl adjacent to an activating group) is 1. The summed E-state index contributed by atoms with van der Waals surface area (Å²) in [5.41, 5.74) is 0.537. The highest BCUT2D eigenvalue weighted by molar-refractivity contribution is 5.70. The normalized spacial score (nSPS) is 29.3. The van der Waals surface area contributed by atoms with Gasteiger partial charge in [0.05, 0.1) is 19.3 Å². The second-order valence-corrected chi connectivity index (χ2v) is 6.76. The molecule has 0 radical (unpaired) electrons. The average molecular weight is 332 g/mol. The summed E-state index contributed by atoms with van der Waals surface area (Å²) in [6, 6.07) is 10.4.